The lowest BCUT2D eigenvalue weighted by atomic mass is 10.2. The number of carbonyl (C=O) groups excluding carboxylic acids is 1. The molecule has 0 aliphatic heterocycles. The van der Waals surface area contributed by atoms with E-state index < -0.39 is 0 Å². The van der Waals surface area contributed by atoms with Crippen molar-refractivity contribution < 1.29 is 9.53 Å². The summed E-state index contributed by atoms with van der Waals surface area (Å²) in [4.78, 5) is 10.5. The second-order valence-electron chi connectivity index (χ2n) is 2.37. The second-order valence-corrected chi connectivity index (χ2v) is 2.64. The van der Waals surface area contributed by atoms with Crippen molar-refractivity contribution in [2.45, 2.75) is 12.8 Å². The first-order valence-corrected chi connectivity index (χ1v) is 4.09. The molecule has 0 aliphatic rings. The number of benzene rings is 1. The number of halogens is 1. The van der Waals surface area contributed by atoms with Crippen LogP contribution < -0.4 is 4.74 Å². The highest BCUT2D eigenvalue weighted by Gasteiger charge is 1.96. The van der Waals surface area contributed by atoms with Crippen molar-refractivity contribution in [3.63, 3.8) is 0 Å². The lowest BCUT2D eigenvalue weighted by Crippen LogP contribution is -2.00. The molecule has 12 heavy (non-hydrogen) atoms. The molecule has 0 aromatic heterocycles. The third-order valence-electron chi connectivity index (χ3n) is 1.34. The largest absolute Gasteiger partial charge is 0.427 e. The van der Waals surface area contributed by atoms with Crippen LogP contribution in [0, 0.1) is 0 Å². The Hall–Kier alpha value is -1.02. The van der Waals surface area contributed by atoms with E-state index in [0.717, 1.165) is 5.56 Å². The molecule has 0 atom stereocenters. The van der Waals surface area contributed by atoms with E-state index >= 15 is 0 Å². The number of hydrogen-bond donors (Lipinski definition) is 0. The van der Waals surface area contributed by atoms with Crippen molar-refractivity contribution in [2.24, 2.45) is 0 Å². The molecule has 0 N–H and O–H groups in total. The van der Waals surface area contributed by atoms with Crippen LogP contribution in [-0.2, 0) is 10.7 Å². The first-order valence-electron chi connectivity index (χ1n) is 3.55. The quantitative estimate of drug-likeness (QED) is 0.401. The van der Waals surface area contributed by atoms with Crippen molar-refractivity contribution in [1.29, 1.82) is 0 Å². The SMILES string of the molecule is CC(=O)Oc1ccc(CCl)cc1. The molecule has 0 fully saturated rings. The van der Waals surface area contributed by atoms with Gasteiger partial charge in [0.25, 0.3) is 0 Å². The maximum atomic E-state index is 10.5. The van der Waals surface area contributed by atoms with Gasteiger partial charge in [0.1, 0.15) is 5.75 Å². The van der Waals surface area contributed by atoms with Crippen LogP contribution in [-0.4, -0.2) is 5.97 Å². The Balaban J connectivity index is 2.71. The third kappa shape index (κ3) is 2.55. The molecule has 0 radical (unpaired) electrons. The molecule has 0 heterocycles. The number of hydrogen-bond acceptors (Lipinski definition) is 2. The first kappa shape index (κ1) is 9.07. The van der Waals surface area contributed by atoms with Crippen LogP contribution in [0.2, 0.25) is 0 Å². The van der Waals surface area contributed by atoms with Gasteiger partial charge < -0.3 is 4.74 Å². The first-order chi connectivity index (χ1) is 5.72. The minimum Gasteiger partial charge on any atom is -0.427 e. The molecule has 1 aromatic carbocycles. The summed E-state index contributed by atoms with van der Waals surface area (Å²) in [6, 6.07) is 7.09. The number of esters is 1. The second kappa shape index (κ2) is 4.12. The van der Waals surface area contributed by atoms with Crippen LogP contribution in [0.4, 0.5) is 0 Å². The van der Waals surface area contributed by atoms with E-state index in [1.807, 2.05) is 12.1 Å². The van der Waals surface area contributed by atoms with E-state index in [1.54, 1.807) is 12.1 Å². The van der Waals surface area contributed by atoms with E-state index in [9.17, 15) is 4.79 Å². The van der Waals surface area contributed by atoms with E-state index in [-0.39, 0.29) is 5.97 Å². The van der Waals surface area contributed by atoms with Gasteiger partial charge in [0.2, 0.25) is 0 Å². The van der Waals surface area contributed by atoms with Crippen molar-refractivity contribution in [1.82, 2.24) is 0 Å². The summed E-state index contributed by atoms with van der Waals surface area (Å²) in [5, 5.41) is 0. The predicted molar refractivity (Wildman–Crippen MR) is 47.3 cm³/mol. The number of carbonyl (C=O) groups is 1. The molecule has 0 unspecified atom stereocenters. The van der Waals surface area contributed by atoms with Gasteiger partial charge >= 0.3 is 5.97 Å². The predicted octanol–water partition coefficient (Wildman–Crippen LogP) is 2.35. The fraction of sp³-hybridized carbons (Fsp3) is 0.222. The molecule has 2 nitrogen and oxygen atoms in total. The van der Waals surface area contributed by atoms with E-state index in [2.05, 4.69) is 0 Å². The van der Waals surface area contributed by atoms with Gasteiger partial charge in [0, 0.05) is 12.8 Å². The summed E-state index contributed by atoms with van der Waals surface area (Å²) in [6.45, 7) is 1.37. The third-order valence-corrected chi connectivity index (χ3v) is 1.65. The minimum absolute atomic E-state index is 0.311. The summed E-state index contributed by atoms with van der Waals surface area (Å²) in [7, 11) is 0. The van der Waals surface area contributed by atoms with Crippen molar-refractivity contribution in [3.05, 3.63) is 29.8 Å². The van der Waals surface area contributed by atoms with Gasteiger partial charge in [-0.25, -0.2) is 0 Å². The average molecular weight is 185 g/mol. The van der Waals surface area contributed by atoms with Crippen molar-refractivity contribution in [2.75, 3.05) is 0 Å². The molecule has 3 heteroatoms. The van der Waals surface area contributed by atoms with Crippen LogP contribution in [0.1, 0.15) is 12.5 Å². The Morgan fingerprint density at radius 2 is 2.00 bits per heavy atom. The molecule has 0 saturated carbocycles. The Bertz CT molecular complexity index is 266. The highest BCUT2D eigenvalue weighted by atomic mass is 35.5. The molecule has 0 amide bonds. The lowest BCUT2D eigenvalue weighted by molar-refractivity contribution is -0.131. The van der Waals surface area contributed by atoms with Gasteiger partial charge in [-0.1, -0.05) is 12.1 Å². The molecule has 0 bridgehead atoms. The van der Waals surface area contributed by atoms with Crippen molar-refractivity contribution in [3.8, 4) is 5.75 Å². The zero-order valence-electron chi connectivity index (χ0n) is 6.71. The number of ether oxygens (including phenoxy) is 1. The van der Waals surface area contributed by atoms with Crippen LogP contribution in [0.3, 0.4) is 0 Å². The summed E-state index contributed by atoms with van der Waals surface area (Å²) in [6.07, 6.45) is 0. The van der Waals surface area contributed by atoms with Gasteiger partial charge in [0.15, 0.2) is 0 Å². The summed E-state index contributed by atoms with van der Waals surface area (Å²) < 4.78 is 4.83. The Morgan fingerprint density at radius 1 is 1.42 bits per heavy atom. The minimum atomic E-state index is -0.311. The summed E-state index contributed by atoms with van der Waals surface area (Å²) >= 11 is 5.58. The summed E-state index contributed by atoms with van der Waals surface area (Å²) in [5.74, 6) is 0.713. The molecule has 0 spiro atoms. The molecule has 0 saturated heterocycles. The zero-order valence-corrected chi connectivity index (χ0v) is 7.47. The summed E-state index contributed by atoms with van der Waals surface area (Å²) in [5.41, 5.74) is 1.01. The van der Waals surface area contributed by atoms with Crippen LogP contribution in [0.25, 0.3) is 0 Å². The topological polar surface area (TPSA) is 26.3 Å². The standard InChI is InChI=1S/C9H9ClO2/c1-7(11)12-9-4-2-8(6-10)3-5-9/h2-5H,6H2,1H3. The number of rotatable bonds is 2. The van der Waals surface area contributed by atoms with Gasteiger partial charge in [-0.15, -0.1) is 11.6 Å². The zero-order chi connectivity index (χ0) is 8.97. The van der Waals surface area contributed by atoms with Gasteiger partial charge in [-0.3, -0.25) is 4.79 Å². The Morgan fingerprint density at radius 3 is 2.42 bits per heavy atom. The lowest BCUT2D eigenvalue weighted by Gasteiger charge is -2.00. The highest BCUT2D eigenvalue weighted by Crippen LogP contribution is 2.13. The van der Waals surface area contributed by atoms with Crippen molar-refractivity contribution >= 4 is 17.6 Å². The average Bonchev–Trinajstić information content (AvgIpc) is 2.05. The fourth-order valence-corrected chi connectivity index (χ4v) is 0.991. The van der Waals surface area contributed by atoms with E-state index in [0.29, 0.717) is 11.6 Å². The van der Waals surface area contributed by atoms with Gasteiger partial charge in [-0.2, -0.15) is 0 Å². The normalized spacial score (nSPS) is 9.50. The molecule has 64 valence electrons. The highest BCUT2D eigenvalue weighted by molar-refractivity contribution is 6.17. The van der Waals surface area contributed by atoms with Gasteiger partial charge in [-0.05, 0) is 17.7 Å². The maximum Gasteiger partial charge on any atom is 0.308 e. The van der Waals surface area contributed by atoms with Crippen LogP contribution in [0.5, 0.6) is 5.75 Å². The molecular formula is C9H9ClO2. The van der Waals surface area contributed by atoms with E-state index in [1.165, 1.54) is 6.92 Å². The van der Waals surface area contributed by atoms with E-state index in [4.69, 9.17) is 16.3 Å². The Kier molecular flexibility index (Phi) is 3.11. The maximum absolute atomic E-state index is 10.5. The van der Waals surface area contributed by atoms with Crippen LogP contribution >= 0.6 is 11.6 Å². The smallest absolute Gasteiger partial charge is 0.308 e. The number of alkyl halides is 1. The molecule has 1 rings (SSSR count). The molecular weight excluding hydrogens is 176 g/mol. The molecule has 1 aromatic rings. The monoisotopic (exact) mass is 184 g/mol. The molecule has 0 aliphatic carbocycles. The fourth-order valence-electron chi connectivity index (χ4n) is 0.813. The van der Waals surface area contributed by atoms with Gasteiger partial charge in [0.05, 0.1) is 0 Å². The Labute approximate surface area is 76.1 Å². The van der Waals surface area contributed by atoms with Crippen LogP contribution in [0.15, 0.2) is 24.3 Å².